The van der Waals surface area contributed by atoms with E-state index in [2.05, 4.69) is 10.7 Å². The molecule has 0 bridgehead atoms. The van der Waals surface area contributed by atoms with Crippen LogP contribution in [0.15, 0.2) is 48.5 Å². The molecular formula is C25H25N3O6. The summed E-state index contributed by atoms with van der Waals surface area (Å²) in [5.74, 6) is -2.57. The summed E-state index contributed by atoms with van der Waals surface area (Å²) in [7, 11) is 0. The lowest BCUT2D eigenvalue weighted by molar-refractivity contribution is -0.153. The Hall–Kier alpha value is -3.88. The largest absolute Gasteiger partial charge is 0.480 e. The van der Waals surface area contributed by atoms with Gasteiger partial charge in [-0.3, -0.25) is 15.0 Å². The van der Waals surface area contributed by atoms with Crippen molar-refractivity contribution in [3.05, 3.63) is 59.7 Å². The van der Waals surface area contributed by atoms with E-state index < -0.39 is 35.5 Å². The monoisotopic (exact) mass is 463 g/mol. The van der Waals surface area contributed by atoms with Gasteiger partial charge in [-0.15, -0.1) is 0 Å². The van der Waals surface area contributed by atoms with E-state index in [0.29, 0.717) is 25.7 Å². The number of hydrogen-bond donors (Lipinski definition) is 3. The first-order chi connectivity index (χ1) is 16.4. The summed E-state index contributed by atoms with van der Waals surface area (Å²) in [6.07, 6.45) is 1.00. The van der Waals surface area contributed by atoms with Gasteiger partial charge in [-0.05, 0) is 35.1 Å². The molecule has 1 aliphatic heterocycles. The maximum Gasteiger partial charge on any atom is 0.408 e. The third-order valence-electron chi connectivity index (χ3n) is 6.99. The normalized spacial score (nSPS) is 20.4. The second kappa shape index (κ2) is 8.48. The molecule has 0 radical (unpaired) electrons. The number of alkyl carbamates (subject to hydrolysis) is 1. The minimum absolute atomic E-state index is 0.0995. The van der Waals surface area contributed by atoms with E-state index in [0.717, 1.165) is 27.3 Å². The van der Waals surface area contributed by atoms with Crippen LogP contribution in [0.4, 0.5) is 4.79 Å². The first-order valence-corrected chi connectivity index (χ1v) is 11.4. The standard InChI is InChI=1S/C25H25N3O6/c29-21-13-20(22(30)31)28(27-21)23(32)25(11-5-6-12-25)26-24(33)34-14-19-17-9-3-1-7-15(17)16-8-2-4-10-18(16)19/h1-4,7-10,19-20H,5-6,11-14H2,(H,26,33)(H,27,29)(H,30,31). The van der Waals surface area contributed by atoms with Gasteiger partial charge in [0.1, 0.15) is 12.1 Å². The Kier molecular flexibility index (Phi) is 5.47. The summed E-state index contributed by atoms with van der Waals surface area (Å²) < 4.78 is 5.61. The lowest BCUT2D eigenvalue weighted by atomic mass is 9.95. The van der Waals surface area contributed by atoms with Gasteiger partial charge >= 0.3 is 12.1 Å². The van der Waals surface area contributed by atoms with Gasteiger partial charge in [-0.2, -0.15) is 0 Å². The molecule has 9 heteroatoms. The summed E-state index contributed by atoms with van der Waals surface area (Å²) in [4.78, 5) is 49.5. The molecule has 1 unspecified atom stereocenters. The van der Waals surface area contributed by atoms with Crippen molar-refractivity contribution >= 4 is 23.9 Å². The minimum Gasteiger partial charge on any atom is -0.480 e. The number of aliphatic carboxylic acids is 1. The molecule has 1 heterocycles. The molecule has 0 aromatic heterocycles. The van der Waals surface area contributed by atoms with E-state index in [-0.39, 0.29) is 18.9 Å². The van der Waals surface area contributed by atoms with Crippen LogP contribution in [0.25, 0.3) is 11.1 Å². The molecule has 176 valence electrons. The van der Waals surface area contributed by atoms with Gasteiger partial charge < -0.3 is 15.2 Å². The maximum atomic E-state index is 13.3. The summed E-state index contributed by atoms with van der Waals surface area (Å²) in [5, 5.41) is 13.0. The zero-order valence-electron chi connectivity index (χ0n) is 18.5. The highest BCUT2D eigenvalue weighted by atomic mass is 16.5. The zero-order valence-corrected chi connectivity index (χ0v) is 18.5. The van der Waals surface area contributed by atoms with Crippen molar-refractivity contribution in [2.75, 3.05) is 6.61 Å². The Balaban J connectivity index is 1.31. The van der Waals surface area contributed by atoms with Crippen molar-refractivity contribution in [1.29, 1.82) is 0 Å². The predicted octanol–water partition coefficient (Wildman–Crippen LogP) is 2.55. The smallest absolute Gasteiger partial charge is 0.408 e. The molecule has 2 aromatic rings. The lowest BCUT2D eigenvalue weighted by Crippen LogP contribution is -2.62. The molecule has 2 fully saturated rings. The molecule has 0 spiro atoms. The van der Waals surface area contributed by atoms with E-state index in [9.17, 15) is 24.3 Å². The molecule has 1 atom stereocenters. The minimum atomic E-state index is -1.31. The number of fused-ring (bicyclic) bond motifs is 3. The molecule has 34 heavy (non-hydrogen) atoms. The Morgan fingerprint density at radius 2 is 1.62 bits per heavy atom. The van der Waals surface area contributed by atoms with Crippen LogP contribution >= 0.6 is 0 Å². The number of carboxylic acid groups (broad SMARTS) is 1. The molecule has 2 aliphatic carbocycles. The second-order valence-corrected chi connectivity index (χ2v) is 9.01. The van der Waals surface area contributed by atoms with Crippen molar-refractivity contribution < 1.29 is 29.0 Å². The third kappa shape index (κ3) is 3.67. The first-order valence-electron chi connectivity index (χ1n) is 11.4. The maximum absolute atomic E-state index is 13.3. The van der Waals surface area contributed by atoms with E-state index in [1.807, 2.05) is 48.5 Å². The zero-order chi connectivity index (χ0) is 23.9. The second-order valence-electron chi connectivity index (χ2n) is 9.01. The van der Waals surface area contributed by atoms with Gasteiger partial charge in [0, 0.05) is 5.92 Å². The fraction of sp³-hybridized carbons (Fsp3) is 0.360. The van der Waals surface area contributed by atoms with Crippen molar-refractivity contribution in [2.24, 2.45) is 0 Å². The molecular weight excluding hydrogens is 438 g/mol. The fourth-order valence-electron chi connectivity index (χ4n) is 5.35. The summed E-state index contributed by atoms with van der Waals surface area (Å²) in [6.45, 7) is 0.0995. The topological polar surface area (TPSA) is 125 Å². The van der Waals surface area contributed by atoms with E-state index in [1.54, 1.807) is 0 Å². The number of amides is 3. The van der Waals surface area contributed by atoms with Crippen LogP contribution in [0.2, 0.25) is 0 Å². The molecule has 2 aromatic carbocycles. The number of hydrazine groups is 1. The number of benzene rings is 2. The van der Waals surface area contributed by atoms with Gasteiger partial charge in [0.2, 0.25) is 5.91 Å². The Bertz CT molecular complexity index is 1130. The molecule has 9 nitrogen and oxygen atoms in total. The number of hydrogen-bond acceptors (Lipinski definition) is 5. The molecule has 3 N–H and O–H groups in total. The van der Waals surface area contributed by atoms with Crippen LogP contribution in [0.3, 0.4) is 0 Å². The number of carbonyl (C=O) groups excluding carboxylic acids is 3. The number of nitrogens with zero attached hydrogens (tertiary/aromatic N) is 1. The van der Waals surface area contributed by atoms with Gasteiger partial charge in [-0.25, -0.2) is 14.6 Å². The Labute approximate surface area is 196 Å². The predicted molar refractivity (Wildman–Crippen MR) is 120 cm³/mol. The number of ether oxygens (including phenoxy) is 1. The lowest BCUT2D eigenvalue weighted by Gasteiger charge is -2.33. The molecule has 3 aliphatic rings. The summed E-state index contributed by atoms with van der Waals surface area (Å²) in [6, 6.07) is 14.7. The number of carboxylic acids is 1. The van der Waals surface area contributed by atoms with Crippen LogP contribution < -0.4 is 10.7 Å². The average molecular weight is 463 g/mol. The highest BCUT2D eigenvalue weighted by molar-refractivity contribution is 5.98. The highest BCUT2D eigenvalue weighted by Crippen LogP contribution is 2.44. The molecule has 1 saturated carbocycles. The summed E-state index contributed by atoms with van der Waals surface area (Å²) in [5.41, 5.74) is 5.39. The molecule has 5 rings (SSSR count). The molecule has 3 amide bonds. The Morgan fingerprint density at radius 1 is 1.03 bits per heavy atom. The Morgan fingerprint density at radius 3 is 2.21 bits per heavy atom. The van der Waals surface area contributed by atoms with Crippen molar-refractivity contribution in [1.82, 2.24) is 15.8 Å². The quantitative estimate of drug-likeness (QED) is 0.626. The number of nitrogens with one attached hydrogen (secondary N) is 2. The average Bonchev–Trinajstić information content (AvgIpc) is 3.54. The highest BCUT2D eigenvalue weighted by Gasteiger charge is 2.50. The van der Waals surface area contributed by atoms with Crippen LogP contribution in [0, 0.1) is 0 Å². The first kappa shape index (κ1) is 21.9. The van der Waals surface area contributed by atoms with Gasteiger partial charge in [0.15, 0.2) is 6.04 Å². The van der Waals surface area contributed by atoms with Crippen LogP contribution in [0.1, 0.15) is 49.1 Å². The SMILES string of the molecule is O=C1CC(C(=O)O)N(C(=O)C2(NC(=O)OCC3c4ccccc4-c4ccccc43)CCCC2)N1. The van der Waals surface area contributed by atoms with Crippen LogP contribution in [0.5, 0.6) is 0 Å². The van der Waals surface area contributed by atoms with Gasteiger partial charge in [0.05, 0.1) is 6.42 Å². The van der Waals surface area contributed by atoms with Crippen molar-refractivity contribution in [3.8, 4) is 11.1 Å². The van der Waals surface area contributed by atoms with Gasteiger partial charge in [-0.1, -0.05) is 61.4 Å². The van der Waals surface area contributed by atoms with Gasteiger partial charge in [0.25, 0.3) is 5.91 Å². The fourth-order valence-corrected chi connectivity index (χ4v) is 5.35. The number of carbonyl (C=O) groups is 4. The van der Waals surface area contributed by atoms with E-state index in [1.165, 1.54) is 0 Å². The molecule has 1 saturated heterocycles. The van der Waals surface area contributed by atoms with Crippen molar-refractivity contribution in [2.45, 2.75) is 49.6 Å². The van der Waals surface area contributed by atoms with E-state index >= 15 is 0 Å². The van der Waals surface area contributed by atoms with Crippen LogP contribution in [-0.4, -0.2) is 52.2 Å². The van der Waals surface area contributed by atoms with Crippen LogP contribution in [-0.2, 0) is 19.1 Å². The third-order valence-corrected chi connectivity index (χ3v) is 6.99. The number of rotatable bonds is 5. The van der Waals surface area contributed by atoms with Crippen molar-refractivity contribution in [3.63, 3.8) is 0 Å². The van der Waals surface area contributed by atoms with E-state index in [4.69, 9.17) is 4.74 Å². The summed E-state index contributed by atoms with van der Waals surface area (Å²) >= 11 is 0.